The van der Waals surface area contributed by atoms with Crippen molar-refractivity contribution < 1.29 is 0 Å². The number of nitrogens with two attached hydrogens (primary N) is 1. The highest BCUT2D eigenvalue weighted by Gasteiger charge is 2.47. The zero-order chi connectivity index (χ0) is 22.7. The average Bonchev–Trinajstić information content (AvgIpc) is 3.44. The number of nitrogen functional groups attached to an aromatic ring is 1. The summed E-state index contributed by atoms with van der Waals surface area (Å²) in [6, 6.07) is 10.6. The maximum absolute atomic E-state index is 8.75. The number of piperazine rings is 1. The van der Waals surface area contributed by atoms with Crippen LogP contribution in [0, 0.1) is 28.6 Å². The Morgan fingerprint density at radius 2 is 2.00 bits per heavy atom. The number of likely N-dealkylation sites (N-methyl/N-ethyl adjacent to an activating group) is 1. The van der Waals surface area contributed by atoms with Gasteiger partial charge in [0.15, 0.2) is 0 Å². The average molecular weight is 446 g/mol. The predicted molar refractivity (Wildman–Crippen MR) is 133 cm³/mol. The summed E-state index contributed by atoms with van der Waals surface area (Å²) < 4.78 is 0. The highest BCUT2D eigenvalue weighted by atomic mass is 15.4. The Hall–Kier alpha value is -2.56. The van der Waals surface area contributed by atoms with Gasteiger partial charge in [0.1, 0.15) is 0 Å². The Labute approximate surface area is 196 Å². The second kappa shape index (κ2) is 8.03. The number of hydrogen-bond donors (Lipinski definition) is 3. The zero-order valence-corrected chi connectivity index (χ0v) is 19.5. The molecule has 4 atom stereocenters. The largest absolute Gasteiger partial charge is 0.397 e. The third-order valence-corrected chi connectivity index (χ3v) is 8.68. The van der Waals surface area contributed by atoms with Gasteiger partial charge < -0.3 is 20.9 Å². The van der Waals surface area contributed by atoms with E-state index in [0.717, 1.165) is 62.3 Å². The second-order valence-corrected chi connectivity index (χ2v) is 10.9. The first-order chi connectivity index (χ1) is 16.0. The van der Waals surface area contributed by atoms with Gasteiger partial charge in [0.25, 0.3) is 0 Å². The lowest BCUT2D eigenvalue weighted by atomic mass is 9.79. The Bertz CT molecular complexity index is 1000. The van der Waals surface area contributed by atoms with Crippen LogP contribution in [0.15, 0.2) is 30.4 Å². The number of fused-ring (bicyclic) bond motifs is 2. The van der Waals surface area contributed by atoms with E-state index in [0.29, 0.717) is 30.0 Å². The van der Waals surface area contributed by atoms with E-state index in [9.17, 15) is 0 Å². The molecule has 2 aliphatic carbocycles. The number of likely N-dealkylation sites (tertiary alicyclic amines) is 1. The molecule has 1 aromatic rings. The molecule has 5 fully saturated rings. The minimum atomic E-state index is 0.161. The first kappa shape index (κ1) is 21.0. The summed E-state index contributed by atoms with van der Waals surface area (Å²) in [6.45, 7) is 2.23. The van der Waals surface area contributed by atoms with Crippen molar-refractivity contribution in [3.8, 4) is 6.07 Å². The van der Waals surface area contributed by atoms with Gasteiger partial charge in [0.05, 0.1) is 29.7 Å². The Morgan fingerprint density at radius 3 is 2.64 bits per heavy atom. The van der Waals surface area contributed by atoms with Crippen LogP contribution >= 0.6 is 0 Å². The van der Waals surface area contributed by atoms with Crippen LogP contribution in [0.3, 0.4) is 0 Å². The molecule has 2 saturated carbocycles. The summed E-state index contributed by atoms with van der Waals surface area (Å²) in [5, 5.41) is 21.3. The van der Waals surface area contributed by atoms with E-state index in [1.807, 2.05) is 6.08 Å². The molecule has 5 aliphatic rings. The predicted octanol–water partition coefficient (Wildman–Crippen LogP) is 2.94. The van der Waals surface area contributed by atoms with E-state index in [2.05, 4.69) is 51.3 Å². The van der Waals surface area contributed by atoms with Crippen LogP contribution in [-0.4, -0.2) is 61.1 Å². The third kappa shape index (κ3) is 3.70. The Balaban J connectivity index is 1.18. The number of benzene rings is 1. The summed E-state index contributed by atoms with van der Waals surface area (Å²) >= 11 is 0. The van der Waals surface area contributed by atoms with Gasteiger partial charge in [-0.25, -0.2) is 0 Å². The topological polar surface area (TPSA) is 95.4 Å². The van der Waals surface area contributed by atoms with Crippen LogP contribution < -0.4 is 20.9 Å². The molecule has 2 unspecified atom stereocenters. The number of anilines is 3. The van der Waals surface area contributed by atoms with Gasteiger partial charge in [-0.15, -0.1) is 0 Å². The molecule has 0 aromatic heterocycles. The highest BCUT2D eigenvalue weighted by molar-refractivity contribution is 5.96. The van der Waals surface area contributed by atoms with Crippen LogP contribution in [-0.2, 0) is 0 Å². The summed E-state index contributed by atoms with van der Waals surface area (Å²) in [5.74, 6) is 0.982. The van der Waals surface area contributed by atoms with Crippen LogP contribution in [0.5, 0.6) is 0 Å². The fourth-order valence-electron chi connectivity index (χ4n) is 6.49. The maximum Gasteiger partial charge on any atom is 0.0908 e. The summed E-state index contributed by atoms with van der Waals surface area (Å²) in [7, 11) is 2.23. The van der Waals surface area contributed by atoms with Gasteiger partial charge in [-0.3, -0.25) is 10.2 Å². The van der Waals surface area contributed by atoms with E-state index >= 15 is 0 Å². The summed E-state index contributed by atoms with van der Waals surface area (Å²) in [6.07, 6.45) is 10.6. The summed E-state index contributed by atoms with van der Waals surface area (Å²) in [4.78, 5) is 7.39. The number of rotatable bonds is 7. The number of nitriles is 1. The smallest absolute Gasteiger partial charge is 0.0908 e. The number of nitrogens with zero attached hydrogens (tertiary/aromatic N) is 4. The third-order valence-electron chi connectivity index (χ3n) is 8.68. The zero-order valence-electron chi connectivity index (χ0n) is 19.5. The van der Waals surface area contributed by atoms with E-state index in [4.69, 9.17) is 16.4 Å². The van der Waals surface area contributed by atoms with Crippen LogP contribution in [0.1, 0.15) is 38.5 Å². The first-order valence-corrected chi connectivity index (χ1v) is 12.6. The molecule has 1 aromatic carbocycles. The van der Waals surface area contributed by atoms with Crippen LogP contribution in [0.4, 0.5) is 17.1 Å². The minimum Gasteiger partial charge on any atom is -0.397 e. The fraction of sp³-hybridized carbons (Fsp3) is 0.615. The van der Waals surface area contributed by atoms with Crippen molar-refractivity contribution in [1.29, 1.82) is 10.7 Å². The van der Waals surface area contributed by atoms with Gasteiger partial charge >= 0.3 is 0 Å². The summed E-state index contributed by atoms with van der Waals surface area (Å²) in [5.41, 5.74) is 10.7. The van der Waals surface area contributed by atoms with Crippen molar-refractivity contribution in [3.05, 3.63) is 30.4 Å². The molecule has 3 saturated heterocycles. The van der Waals surface area contributed by atoms with Gasteiger partial charge in [0.2, 0.25) is 0 Å². The Morgan fingerprint density at radius 1 is 1.18 bits per heavy atom. The molecule has 6 rings (SSSR count). The molecule has 0 amide bonds. The molecular weight excluding hydrogens is 410 g/mol. The molecule has 0 spiro atoms. The molecule has 3 aliphatic heterocycles. The maximum atomic E-state index is 8.75. The molecule has 7 heteroatoms. The first-order valence-electron chi connectivity index (χ1n) is 12.6. The molecule has 33 heavy (non-hydrogen) atoms. The van der Waals surface area contributed by atoms with E-state index in [1.165, 1.54) is 12.1 Å². The molecule has 174 valence electrons. The number of allylic oxidation sites excluding steroid dienone is 2. The van der Waals surface area contributed by atoms with Crippen molar-refractivity contribution in [2.24, 2.45) is 11.8 Å². The molecule has 4 N–H and O–H groups in total. The van der Waals surface area contributed by atoms with Crippen molar-refractivity contribution in [2.45, 2.75) is 68.9 Å². The molecule has 7 nitrogen and oxygen atoms in total. The lowest BCUT2D eigenvalue weighted by Gasteiger charge is -2.53. The van der Waals surface area contributed by atoms with Crippen LogP contribution in [0.25, 0.3) is 0 Å². The Kier molecular flexibility index (Phi) is 5.11. The standard InChI is InChI=1S/C26H35N7/c1-31-14-21-11-20(31)15-32(21)19-6-7-23(22(28)12-19)33-24(26(29)17-4-5-17)13-25(33)30-18-9-16(10-18)3-2-8-27/h2-3,6-7,12,16-18,20-21,24-25,29-30H,4-5,9-11,13-15,28H2,1H3/b3-2+,29-26?/t16?,18?,20-,21?,24?,25+/m1/s1. The van der Waals surface area contributed by atoms with E-state index in [1.54, 1.807) is 6.08 Å². The van der Waals surface area contributed by atoms with Crippen molar-refractivity contribution in [3.63, 3.8) is 0 Å². The van der Waals surface area contributed by atoms with Gasteiger partial charge in [-0.1, -0.05) is 6.08 Å². The van der Waals surface area contributed by atoms with Gasteiger partial charge in [-0.05, 0) is 69.2 Å². The SMILES string of the molecule is CN1CC2C[C@@H]1CN2c1ccc(N2C(C(=N)C3CC3)C[C@H]2NC2CC(/C=C/C#N)C2)c(N)c1. The quantitative estimate of drug-likeness (QED) is 0.339. The minimum absolute atomic E-state index is 0.161. The number of hydrogen-bond acceptors (Lipinski definition) is 7. The van der Waals surface area contributed by atoms with Gasteiger partial charge in [-0.2, -0.15) is 5.26 Å². The van der Waals surface area contributed by atoms with E-state index < -0.39 is 0 Å². The molecule has 3 heterocycles. The molecule has 0 radical (unpaired) electrons. The highest BCUT2D eigenvalue weighted by Crippen LogP contribution is 2.44. The van der Waals surface area contributed by atoms with Crippen molar-refractivity contribution >= 4 is 22.8 Å². The van der Waals surface area contributed by atoms with E-state index in [-0.39, 0.29) is 12.2 Å². The van der Waals surface area contributed by atoms with Gasteiger partial charge in [0, 0.05) is 55.1 Å². The molecular formula is C26H35N7. The van der Waals surface area contributed by atoms with Crippen LogP contribution in [0.2, 0.25) is 0 Å². The normalized spacial score (nSPS) is 35.5. The lowest BCUT2D eigenvalue weighted by Crippen LogP contribution is -2.68. The monoisotopic (exact) mass is 445 g/mol. The fourth-order valence-corrected chi connectivity index (χ4v) is 6.49. The van der Waals surface area contributed by atoms with Crippen molar-refractivity contribution in [1.82, 2.24) is 10.2 Å². The molecule has 2 bridgehead atoms. The lowest BCUT2D eigenvalue weighted by molar-refractivity contribution is 0.207. The van der Waals surface area contributed by atoms with Crippen molar-refractivity contribution in [2.75, 3.05) is 35.7 Å². The second-order valence-electron chi connectivity index (χ2n) is 10.9. The number of nitrogens with one attached hydrogen (secondary N) is 2.